The van der Waals surface area contributed by atoms with Crippen LogP contribution in [0.15, 0.2) is 42.5 Å². The molecule has 5 nitrogen and oxygen atoms in total. The SMILES string of the molecule is Cc1ccccc1N(Nc1cccc(Cl)n1)C(N)=O. The Kier molecular flexibility index (Phi) is 3.87. The fourth-order valence-electron chi connectivity index (χ4n) is 1.63. The Balaban J connectivity index is 2.32. The Labute approximate surface area is 116 Å². The topological polar surface area (TPSA) is 71.2 Å². The zero-order valence-corrected chi connectivity index (χ0v) is 11.1. The number of carbonyl (C=O) groups excluding carboxylic acids is 1. The number of aryl methyl sites for hydroxylation is 1. The van der Waals surface area contributed by atoms with E-state index in [0.717, 1.165) is 5.56 Å². The Hall–Kier alpha value is -2.27. The molecule has 3 N–H and O–H groups in total. The van der Waals surface area contributed by atoms with Crippen LogP contribution >= 0.6 is 11.6 Å². The molecule has 2 rings (SSSR count). The van der Waals surface area contributed by atoms with Crippen molar-refractivity contribution in [3.63, 3.8) is 0 Å². The molecular weight excluding hydrogens is 264 g/mol. The number of pyridine rings is 1. The van der Waals surface area contributed by atoms with Crippen molar-refractivity contribution in [3.8, 4) is 0 Å². The van der Waals surface area contributed by atoms with E-state index >= 15 is 0 Å². The second kappa shape index (κ2) is 5.58. The first kappa shape index (κ1) is 13.2. The fourth-order valence-corrected chi connectivity index (χ4v) is 1.80. The molecule has 98 valence electrons. The number of hydrogen-bond acceptors (Lipinski definition) is 3. The number of urea groups is 1. The number of rotatable bonds is 3. The van der Waals surface area contributed by atoms with Gasteiger partial charge in [-0.1, -0.05) is 35.9 Å². The molecule has 0 bridgehead atoms. The van der Waals surface area contributed by atoms with Crippen LogP contribution in [0.4, 0.5) is 16.3 Å². The largest absolute Gasteiger partial charge is 0.350 e. The van der Waals surface area contributed by atoms with Gasteiger partial charge >= 0.3 is 6.03 Å². The molecule has 0 aliphatic rings. The van der Waals surface area contributed by atoms with Crippen molar-refractivity contribution in [1.82, 2.24) is 4.98 Å². The van der Waals surface area contributed by atoms with E-state index in [1.807, 2.05) is 25.1 Å². The van der Waals surface area contributed by atoms with E-state index in [9.17, 15) is 4.79 Å². The van der Waals surface area contributed by atoms with Gasteiger partial charge in [-0.05, 0) is 30.7 Å². The quantitative estimate of drug-likeness (QED) is 0.669. The molecule has 19 heavy (non-hydrogen) atoms. The van der Waals surface area contributed by atoms with Crippen molar-refractivity contribution in [2.24, 2.45) is 5.73 Å². The number of aromatic nitrogens is 1. The molecule has 0 atom stereocenters. The molecule has 1 heterocycles. The molecule has 0 unspecified atom stereocenters. The van der Waals surface area contributed by atoms with Crippen LogP contribution in [0.5, 0.6) is 0 Å². The fraction of sp³-hybridized carbons (Fsp3) is 0.0769. The highest BCUT2D eigenvalue weighted by atomic mass is 35.5. The molecule has 2 amide bonds. The van der Waals surface area contributed by atoms with Crippen LogP contribution in [0, 0.1) is 6.92 Å². The van der Waals surface area contributed by atoms with E-state index < -0.39 is 6.03 Å². The van der Waals surface area contributed by atoms with Gasteiger partial charge in [0.05, 0.1) is 5.69 Å². The zero-order chi connectivity index (χ0) is 13.8. The number of primary amides is 1. The summed E-state index contributed by atoms with van der Waals surface area (Å²) in [6.07, 6.45) is 0. The minimum Gasteiger partial charge on any atom is -0.350 e. The van der Waals surface area contributed by atoms with Gasteiger partial charge in [-0.2, -0.15) is 0 Å². The maximum atomic E-state index is 11.6. The zero-order valence-electron chi connectivity index (χ0n) is 10.3. The van der Waals surface area contributed by atoms with E-state index in [4.69, 9.17) is 17.3 Å². The number of nitrogens with two attached hydrogens (primary N) is 1. The lowest BCUT2D eigenvalue weighted by Gasteiger charge is -2.23. The van der Waals surface area contributed by atoms with Gasteiger partial charge in [0.15, 0.2) is 0 Å². The van der Waals surface area contributed by atoms with Gasteiger partial charge in [-0.25, -0.2) is 14.8 Å². The predicted molar refractivity (Wildman–Crippen MR) is 76.1 cm³/mol. The molecule has 0 radical (unpaired) electrons. The number of hydrazine groups is 1. The maximum Gasteiger partial charge on any atom is 0.338 e. The number of nitrogens with zero attached hydrogens (tertiary/aromatic N) is 2. The van der Waals surface area contributed by atoms with Crippen LogP contribution in [0.1, 0.15) is 5.56 Å². The summed E-state index contributed by atoms with van der Waals surface area (Å²) >= 11 is 5.80. The van der Waals surface area contributed by atoms with Gasteiger partial charge in [-0.15, -0.1) is 0 Å². The van der Waals surface area contributed by atoms with Crippen LogP contribution < -0.4 is 16.2 Å². The smallest absolute Gasteiger partial charge is 0.338 e. The molecular formula is C13H13ClN4O. The standard InChI is InChI=1S/C13H13ClN4O/c1-9-5-2-3-6-10(9)18(13(15)19)17-12-8-4-7-11(14)16-12/h2-8H,1H3,(H2,15,19)(H,16,17). The Bertz CT molecular complexity index is 603. The van der Waals surface area contributed by atoms with Gasteiger partial charge in [0, 0.05) is 0 Å². The van der Waals surface area contributed by atoms with Crippen LogP contribution in [-0.2, 0) is 0 Å². The number of anilines is 2. The molecule has 6 heteroatoms. The lowest BCUT2D eigenvalue weighted by atomic mass is 10.2. The van der Waals surface area contributed by atoms with Crippen LogP contribution in [-0.4, -0.2) is 11.0 Å². The minimum atomic E-state index is -0.629. The van der Waals surface area contributed by atoms with Gasteiger partial charge in [0.1, 0.15) is 11.0 Å². The molecule has 2 aromatic rings. The first-order chi connectivity index (χ1) is 9.08. The molecule has 0 aliphatic heterocycles. The summed E-state index contributed by atoms with van der Waals surface area (Å²) in [6.45, 7) is 1.89. The van der Waals surface area contributed by atoms with E-state index in [2.05, 4.69) is 10.4 Å². The molecule has 0 aliphatic carbocycles. The van der Waals surface area contributed by atoms with Gasteiger partial charge in [0.25, 0.3) is 0 Å². The number of hydrogen-bond donors (Lipinski definition) is 2. The van der Waals surface area contributed by atoms with E-state index in [-0.39, 0.29) is 0 Å². The predicted octanol–water partition coefficient (Wildman–Crippen LogP) is 2.96. The van der Waals surface area contributed by atoms with Crippen molar-refractivity contribution in [2.45, 2.75) is 6.92 Å². The molecule has 0 saturated carbocycles. The highest BCUT2D eigenvalue weighted by molar-refractivity contribution is 6.29. The Morgan fingerprint density at radius 3 is 2.63 bits per heavy atom. The van der Waals surface area contributed by atoms with Gasteiger partial charge in [-0.3, -0.25) is 5.43 Å². The van der Waals surface area contributed by atoms with E-state index in [1.54, 1.807) is 24.3 Å². The maximum absolute atomic E-state index is 11.6. The minimum absolute atomic E-state index is 0.333. The van der Waals surface area contributed by atoms with Crippen molar-refractivity contribution < 1.29 is 4.79 Å². The lowest BCUT2D eigenvalue weighted by Crippen LogP contribution is -2.41. The summed E-state index contributed by atoms with van der Waals surface area (Å²) in [6, 6.07) is 11.8. The summed E-state index contributed by atoms with van der Waals surface area (Å²) in [7, 11) is 0. The van der Waals surface area contributed by atoms with Crippen molar-refractivity contribution >= 4 is 29.1 Å². The van der Waals surface area contributed by atoms with Gasteiger partial charge in [0.2, 0.25) is 0 Å². The van der Waals surface area contributed by atoms with Gasteiger partial charge < -0.3 is 5.73 Å². The summed E-state index contributed by atoms with van der Waals surface area (Å²) in [4.78, 5) is 15.6. The normalized spacial score (nSPS) is 10.0. The van der Waals surface area contributed by atoms with Crippen molar-refractivity contribution in [2.75, 3.05) is 10.4 Å². The molecule has 0 fully saturated rings. The summed E-state index contributed by atoms with van der Waals surface area (Å²) in [5.74, 6) is 0.439. The molecule has 0 saturated heterocycles. The second-order valence-electron chi connectivity index (χ2n) is 3.92. The number of halogens is 1. The number of nitrogens with one attached hydrogen (secondary N) is 1. The number of amides is 2. The van der Waals surface area contributed by atoms with Crippen molar-refractivity contribution in [1.29, 1.82) is 0 Å². The summed E-state index contributed by atoms with van der Waals surface area (Å²) < 4.78 is 0. The first-order valence-electron chi connectivity index (χ1n) is 5.62. The monoisotopic (exact) mass is 276 g/mol. The summed E-state index contributed by atoms with van der Waals surface area (Å²) in [5.41, 5.74) is 9.80. The van der Waals surface area contributed by atoms with Crippen LogP contribution in [0.25, 0.3) is 0 Å². The molecule has 0 spiro atoms. The molecule has 1 aromatic carbocycles. The average molecular weight is 277 g/mol. The average Bonchev–Trinajstić information content (AvgIpc) is 2.37. The van der Waals surface area contributed by atoms with E-state index in [0.29, 0.717) is 16.7 Å². The number of para-hydroxylation sites is 1. The Morgan fingerprint density at radius 1 is 1.26 bits per heavy atom. The number of carbonyl (C=O) groups is 1. The number of benzene rings is 1. The van der Waals surface area contributed by atoms with Crippen LogP contribution in [0.2, 0.25) is 5.15 Å². The third-order valence-electron chi connectivity index (χ3n) is 2.52. The van der Waals surface area contributed by atoms with Crippen molar-refractivity contribution in [3.05, 3.63) is 53.2 Å². The second-order valence-corrected chi connectivity index (χ2v) is 4.30. The third kappa shape index (κ3) is 3.14. The lowest BCUT2D eigenvalue weighted by molar-refractivity contribution is 0.255. The summed E-state index contributed by atoms with van der Waals surface area (Å²) in [5, 5.41) is 1.56. The Morgan fingerprint density at radius 2 is 2.00 bits per heavy atom. The third-order valence-corrected chi connectivity index (χ3v) is 2.73. The van der Waals surface area contributed by atoms with Crippen LogP contribution in [0.3, 0.4) is 0 Å². The highest BCUT2D eigenvalue weighted by Crippen LogP contribution is 2.20. The molecule has 1 aromatic heterocycles. The first-order valence-corrected chi connectivity index (χ1v) is 6.00. The van der Waals surface area contributed by atoms with E-state index in [1.165, 1.54) is 5.01 Å². The highest BCUT2D eigenvalue weighted by Gasteiger charge is 2.14.